The van der Waals surface area contributed by atoms with E-state index in [1.54, 1.807) is 0 Å². The average molecular weight is 379 g/mol. The van der Waals surface area contributed by atoms with Gasteiger partial charge < -0.3 is 10.8 Å². The Morgan fingerprint density at radius 3 is 2.62 bits per heavy atom. The van der Waals surface area contributed by atoms with Crippen LogP contribution in [-0.4, -0.2) is 34.3 Å². The largest absolute Gasteiger partial charge is 0.421 e. The Morgan fingerprint density at radius 2 is 2.12 bits per heavy atom. The summed E-state index contributed by atoms with van der Waals surface area (Å²) >= 11 is 6.58. The normalized spacial score (nSPS) is 14.3. The van der Waals surface area contributed by atoms with Crippen molar-refractivity contribution in [2.24, 2.45) is 5.73 Å². The molecule has 0 fully saturated rings. The van der Waals surface area contributed by atoms with Gasteiger partial charge in [-0.3, -0.25) is 4.79 Å². The van der Waals surface area contributed by atoms with Crippen LogP contribution in [0.5, 0.6) is 0 Å². The maximum Gasteiger partial charge on any atom is 0.421 e. The molecule has 9 heteroatoms. The summed E-state index contributed by atoms with van der Waals surface area (Å²) < 4.78 is 39.3. The number of hydrogen-bond acceptors (Lipinski definition) is 4. The Hall–Kier alpha value is -1.69. The molecule has 0 aliphatic rings. The maximum absolute atomic E-state index is 13.1. The summed E-state index contributed by atoms with van der Waals surface area (Å²) in [5.41, 5.74) is 2.36. The SMILES string of the molecule is N#Cc1ccc(/C=C/C(O)(CSCCC(N)=O)C(F)(F)F)cc1Cl. The van der Waals surface area contributed by atoms with Crippen molar-refractivity contribution in [3.8, 4) is 6.07 Å². The van der Waals surface area contributed by atoms with E-state index in [4.69, 9.17) is 22.6 Å². The molecule has 1 amide bonds. The number of carbonyl (C=O) groups is 1. The summed E-state index contributed by atoms with van der Waals surface area (Å²) in [7, 11) is 0. The van der Waals surface area contributed by atoms with Crippen molar-refractivity contribution in [3.63, 3.8) is 0 Å². The molecule has 1 aromatic rings. The number of nitrogens with two attached hydrogens (primary N) is 1. The molecule has 3 N–H and O–H groups in total. The first kappa shape index (κ1) is 20.4. The Labute approximate surface area is 146 Å². The van der Waals surface area contributed by atoms with Gasteiger partial charge in [-0.2, -0.15) is 30.2 Å². The van der Waals surface area contributed by atoms with Crippen LogP contribution >= 0.6 is 23.4 Å². The van der Waals surface area contributed by atoms with Gasteiger partial charge in [0.05, 0.1) is 10.6 Å². The van der Waals surface area contributed by atoms with Gasteiger partial charge in [-0.15, -0.1) is 0 Å². The Morgan fingerprint density at radius 1 is 1.46 bits per heavy atom. The summed E-state index contributed by atoms with van der Waals surface area (Å²) in [6, 6.07) is 5.95. The molecule has 0 heterocycles. The number of amides is 1. The number of hydrogen-bond donors (Lipinski definition) is 2. The molecule has 0 radical (unpaired) electrons. The predicted octanol–water partition coefficient (Wildman–Crippen LogP) is 3.13. The number of nitrogens with zero attached hydrogens (tertiary/aromatic N) is 1. The third-order valence-corrected chi connectivity index (χ3v) is 4.42. The Bertz CT molecular complexity index is 674. The van der Waals surface area contributed by atoms with Crippen molar-refractivity contribution in [1.82, 2.24) is 0 Å². The second-order valence-corrected chi connectivity index (χ2v) is 6.39. The third-order valence-electron chi connectivity index (χ3n) is 2.97. The van der Waals surface area contributed by atoms with Gasteiger partial charge in [0.1, 0.15) is 6.07 Å². The van der Waals surface area contributed by atoms with E-state index in [1.165, 1.54) is 18.2 Å². The standard InChI is InChI=1S/C15H14ClF3N2O2S/c16-12-7-10(1-2-11(12)8-20)3-5-14(23,15(17,18)19)9-24-6-4-13(21)22/h1-3,5,7,23H,4,6,9H2,(H2,21,22)/b5-3+. The minimum absolute atomic E-state index is 0.0737. The van der Waals surface area contributed by atoms with Crippen LogP contribution in [0.25, 0.3) is 6.08 Å². The first-order chi connectivity index (χ1) is 11.1. The molecule has 1 aromatic carbocycles. The van der Waals surface area contributed by atoms with Crippen molar-refractivity contribution >= 4 is 35.3 Å². The van der Waals surface area contributed by atoms with E-state index < -0.39 is 23.4 Å². The molecule has 0 aliphatic heterocycles. The molecule has 1 unspecified atom stereocenters. The van der Waals surface area contributed by atoms with Crippen LogP contribution in [-0.2, 0) is 4.79 Å². The third kappa shape index (κ3) is 5.74. The lowest BCUT2D eigenvalue weighted by Gasteiger charge is -2.27. The number of carbonyl (C=O) groups excluding carboxylic acids is 1. The van der Waals surface area contributed by atoms with Gasteiger partial charge in [0.25, 0.3) is 0 Å². The second-order valence-electron chi connectivity index (χ2n) is 4.88. The number of halogens is 4. The minimum atomic E-state index is -4.89. The molecule has 24 heavy (non-hydrogen) atoms. The van der Waals surface area contributed by atoms with Gasteiger partial charge in [0, 0.05) is 17.9 Å². The minimum Gasteiger partial charge on any atom is -0.376 e. The molecule has 0 aliphatic carbocycles. The van der Waals surface area contributed by atoms with E-state index in [9.17, 15) is 23.1 Å². The van der Waals surface area contributed by atoms with E-state index in [1.807, 2.05) is 6.07 Å². The molecule has 4 nitrogen and oxygen atoms in total. The number of primary amides is 1. The first-order valence-electron chi connectivity index (χ1n) is 6.63. The summed E-state index contributed by atoms with van der Waals surface area (Å²) in [5, 5.41) is 18.8. The van der Waals surface area contributed by atoms with Crippen molar-refractivity contribution in [3.05, 3.63) is 40.4 Å². The fourth-order valence-corrected chi connectivity index (χ4v) is 2.88. The quantitative estimate of drug-likeness (QED) is 0.713. The number of aliphatic hydroxyl groups is 1. The summed E-state index contributed by atoms with van der Waals surface area (Å²) in [5.74, 6) is -1.23. The van der Waals surface area contributed by atoms with Crippen molar-refractivity contribution in [2.45, 2.75) is 18.2 Å². The molecule has 1 atom stereocenters. The van der Waals surface area contributed by atoms with Crippen molar-refractivity contribution in [1.29, 1.82) is 5.26 Å². The molecular formula is C15H14ClF3N2O2S. The summed E-state index contributed by atoms with van der Waals surface area (Å²) in [4.78, 5) is 10.6. The van der Waals surface area contributed by atoms with E-state index in [2.05, 4.69) is 0 Å². The van der Waals surface area contributed by atoms with Crippen LogP contribution in [0.3, 0.4) is 0 Å². The van der Waals surface area contributed by atoms with Crippen molar-refractivity contribution in [2.75, 3.05) is 11.5 Å². The predicted molar refractivity (Wildman–Crippen MR) is 87.3 cm³/mol. The Kier molecular flexibility index (Phi) is 7.14. The molecule has 0 bridgehead atoms. The zero-order valence-corrected chi connectivity index (χ0v) is 13.9. The lowest BCUT2D eigenvalue weighted by molar-refractivity contribution is -0.230. The average Bonchev–Trinajstić information content (AvgIpc) is 2.48. The fourth-order valence-electron chi connectivity index (χ4n) is 1.58. The smallest absolute Gasteiger partial charge is 0.376 e. The van der Waals surface area contributed by atoms with Crippen LogP contribution in [0.1, 0.15) is 17.5 Å². The van der Waals surface area contributed by atoms with Gasteiger partial charge >= 0.3 is 6.18 Å². The zero-order chi connectivity index (χ0) is 18.4. The number of nitriles is 1. The van der Waals surface area contributed by atoms with Gasteiger partial charge in [0.15, 0.2) is 5.60 Å². The van der Waals surface area contributed by atoms with E-state index >= 15 is 0 Å². The van der Waals surface area contributed by atoms with E-state index in [0.29, 0.717) is 11.6 Å². The summed E-state index contributed by atoms with van der Waals surface area (Å²) in [6.45, 7) is 0. The highest BCUT2D eigenvalue weighted by Crippen LogP contribution is 2.35. The van der Waals surface area contributed by atoms with Crippen molar-refractivity contribution < 1.29 is 23.1 Å². The van der Waals surface area contributed by atoms with Crippen LogP contribution in [0.2, 0.25) is 5.02 Å². The van der Waals surface area contributed by atoms with Gasteiger partial charge in [-0.25, -0.2) is 0 Å². The van der Waals surface area contributed by atoms with Crippen LogP contribution in [0, 0.1) is 11.3 Å². The monoisotopic (exact) mass is 378 g/mol. The molecule has 0 saturated carbocycles. The number of alkyl halides is 3. The van der Waals surface area contributed by atoms with Crippen LogP contribution in [0.15, 0.2) is 24.3 Å². The molecule has 1 rings (SSSR count). The molecule has 0 aromatic heterocycles. The fraction of sp³-hybridized carbons (Fsp3) is 0.333. The molecule has 130 valence electrons. The van der Waals surface area contributed by atoms with Gasteiger partial charge in [-0.05, 0) is 23.8 Å². The first-order valence-corrected chi connectivity index (χ1v) is 8.16. The highest BCUT2D eigenvalue weighted by Gasteiger charge is 2.51. The topological polar surface area (TPSA) is 87.1 Å². The zero-order valence-electron chi connectivity index (χ0n) is 12.3. The van der Waals surface area contributed by atoms with Crippen LogP contribution < -0.4 is 5.73 Å². The summed E-state index contributed by atoms with van der Waals surface area (Å²) in [6.07, 6.45) is -3.26. The van der Waals surface area contributed by atoms with Gasteiger partial charge in [0.2, 0.25) is 5.91 Å². The molecule has 0 saturated heterocycles. The Balaban J connectivity index is 2.91. The highest BCUT2D eigenvalue weighted by atomic mass is 35.5. The van der Waals surface area contributed by atoms with Crippen LogP contribution in [0.4, 0.5) is 13.2 Å². The molecular weight excluding hydrogens is 365 g/mol. The number of thioether (sulfide) groups is 1. The van der Waals surface area contributed by atoms with E-state index in [0.717, 1.165) is 17.8 Å². The lowest BCUT2D eigenvalue weighted by Crippen LogP contribution is -2.45. The van der Waals surface area contributed by atoms with E-state index in [-0.39, 0.29) is 22.8 Å². The van der Waals surface area contributed by atoms with Gasteiger partial charge in [-0.1, -0.05) is 23.7 Å². The lowest BCUT2D eigenvalue weighted by atomic mass is 10.0. The highest BCUT2D eigenvalue weighted by molar-refractivity contribution is 7.99. The number of benzene rings is 1. The second kappa shape index (κ2) is 8.42. The maximum atomic E-state index is 13.1. The number of rotatable bonds is 7. The molecule has 0 spiro atoms.